The summed E-state index contributed by atoms with van der Waals surface area (Å²) >= 11 is 0. The van der Waals surface area contributed by atoms with E-state index in [9.17, 15) is 9.59 Å². The van der Waals surface area contributed by atoms with E-state index in [2.05, 4.69) is 23.6 Å². The Morgan fingerprint density at radius 3 is 2.60 bits per heavy atom. The van der Waals surface area contributed by atoms with E-state index in [1.54, 1.807) is 7.05 Å². The Hall–Kier alpha value is -2.70. The summed E-state index contributed by atoms with van der Waals surface area (Å²) in [7, 11) is 3.21. The molecule has 3 heterocycles. The number of hydrogen-bond donors (Lipinski definition) is 0. The number of benzene rings is 1. The highest BCUT2D eigenvalue weighted by molar-refractivity contribution is 6.25. The van der Waals surface area contributed by atoms with E-state index in [-0.39, 0.29) is 11.9 Å². The standard InChI is InChI=1S/C18H22N5O2/c1-12-9-22(11-13-7-5-4-6-8-13)17-19-15-14(23(17)10-12)16(24)21(3)18(25)20(15)2/h4-8,12,14H,9-11H2,1-3H3/q+1. The number of imide groups is 1. The summed E-state index contributed by atoms with van der Waals surface area (Å²) in [4.78, 5) is 34.4. The number of carbonyl (C=O) groups excluding carboxylic acids is 2. The molecule has 1 fully saturated rings. The summed E-state index contributed by atoms with van der Waals surface area (Å²) < 4.78 is 2.21. The van der Waals surface area contributed by atoms with Gasteiger partial charge in [-0.1, -0.05) is 42.2 Å². The summed E-state index contributed by atoms with van der Waals surface area (Å²) in [6.07, 6.45) is 0. The fraction of sp³-hybridized carbons (Fsp3) is 0.444. The first-order valence-electron chi connectivity index (χ1n) is 8.53. The van der Waals surface area contributed by atoms with Gasteiger partial charge < -0.3 is 0 Å². The first kappa shape index (κ1) is 15.8. The molecule has 0 spiro atoms. The number of amidine groups is 1. The minimum absolute atomic E-state index is 0.203. The molecule has 3 amide bonds. The normalized spacial score (nSPS) is 26.0. The molecule has 0 aromatic heterocycles. The second-order valence-electron chi connectivity index (χ2n) is 7.04. The van der Waals surface area contributed by atoms with Crippen molar-refractivity contribution < 1.29 is 14.2 Å². The maximum Gasteiger partial charge on any atom is 0.392 e. The molecule has 7 nitrogen and oxygen atoms in total. The van der Waals surface area contributed by atoms with Crippen molar-refractivity contribution in [3.63, 3.8) is 0 Å². The number of urea groups is 1. The van der Waals surface area contributed by atoms with Crippen LogP contribution < -0.4 is 0 Å². The van der Waals surface area contributed by atoms with Crippen LogP contribution in [0.1, 0.15) is 12.5 Å². The first-order valence-corrected chi connectivity index (χ1v) is 8.53. The fourth-order valence-electron chi connectivity index (χ4n) is 3.82. The highest BCUT2D eigenvalue weighted by Crippen LogP contribution is 2.26. The Morgan fingerprint density at radius 1 is 1.16 bits per heavy atom. The van der Waals surface area contributed by atoms with Gasteiger partial charge in [0.15, 0.2) is 0 Å². The molecule has 2 atom stereocenters. The van der Waals surface area contributed by atoms with Gasteiger partial charge in [0.1, 0.15) is 0 Å². The van der Waals surface area contributed by atoms with Crippen LogP contribution in [0.3, 0.4) is 0 Å². The topological polar surface area (TPSA) is 59.2 Å². The van der Waals surface area contributed by atoms with Crippen LogP contribution in [-0.4, -0.2) is 76.2 Å². The molecule has 4 rings (SSSR count). The van der Waals surface area contributed by atoms with Gasteiger partial charge in [0, 0.05) is 20.0 Å². The lowest BCUT2D eigenvalue weighted by atomic mass is 10.1. The van der Waals surface area contributed by atoms with Crippen LogP contribution in [0.5, 0.6) is 0 Å². The average molecular weight is 340 g/mol. The lowest BCUT2D eigenvalue weighted by molar-refractivity contribution is -0.561. The van der Waals surface area contributed by atoms with Crippen molar-refractivity contribution in [2.24, 2.45) is 10.9 Å². The maximum absolute atomic E-state index is 12.7. The molecule has 2 unspecified atom stereocenters. The number of fused-ring (bicyclic) bond motifs is 3. The average Bonchev–Trinajstić information content (AvgIpc) is 2.98. The molecule has 25 heavy (non-hydrogen) atoms. The summed E-state index contributed by atoms with van der Waals surface area (Å²) in [5.74, 6) is 1.54. The number of carbonyl (C=O) groups is 2. The van der Waals surface area contributed by atoms with E-state index in [1.807, 2.05) is 23.1 Å². The summed E-state index contributed by atoms with van der Waals surface area (Å²) in [6.45, 7) is 4.56. The van der Waals surface area contributed by atoms with Crippen LogP contribution in [0.4, 0.5) is 4.79 Å². The molecular weight excluding hydrogens is 318 g/mol. The molecule has 0 radical (unpaired) electrons. The zero-order valence-electron chi connectivity index (χ0n) is 14.7. The van der Waals surface area contributed by atoms with E-state index >= 15 is 0 Å². The summed E-state index contributed by atoms with van der Waals surface area (Å²) in [5, 5.41) is 0. The van der Waals surface area contributed by atoms with Crippen molar-refractivity contribution in [1.29, 1.82) is 0 Å². The number of amides is 3. The SMILES string of the molecule is CC1CN2C(=[N+](Cc3ccccc3)C1)N=C1C2C(=O)N(C)C(=O)N1C. The highest BCUT2D eigenvalue weighted by atomic mass is 16.2. The van der Waals surface area contributed by atoms with Gasteiger partial charge >= 0.3 is 12.0 Å². The molecule has 1 aromatic carbocycles. The van der Waals surface area contributed by atoms with Crippen molar-refractivity contribution in [3.05, 3.63) is 35.9 Å². The van der Waals surface area contributed by atoms with Crippen molar-refractivity contribution >= 4 is 23.7 Å². The Labute approximate surface area is 146 Å². The summed E-state index contributed by atoms with van der Waals surface area (Å²) in [6, 6.07) is 9.40. The van der Waals surface area contributed by atoms with Gasteiger partial charge in [-0.05, 0) is 5.56 Å². The van der Waals surface area contributed by atoms with Crippen LogP contribution in [0.2, 0.25) is 0 Å². The Morgan fingerprint density at radius 2 is 1.88 bits per heavy atom. The Bertz CT molecular complexity index is 801. The predicted molar refractivity (Wildman–Crippen MR) is 93.3 cm³/mol. The molecule has 1 aromatic rings. The molecule has 0 N–H and O–H groups in total. The third-order valence-corrected chi connectivity index (χ3v) is 5.05. The van der Waals surface area contributed by atoms with Crippen LogP contribution >= 0.6 is 0 Å². The number of rotatable bonds is 2. The van der Waals surface area contributed by atoms with Gasteiger partial charge in [0.05, 0.1) is 19.6 Å². The van der Waals surface area contributed by atoms with E-state index in [0.29, 0.717) is 11.8 Å². The second kappa shape index (κ2) is 5.68. The first-order chi connectivity index (χ1) is 12.0. The van der Waals surface area contributed by atoms with Crippen LogP contribution in [0.15, 0.2) is 35.3 Å². The van der Waals surface area contributed by atoms with Gasteiger partial charge in [0.2, 0.25) is 11.9 Å². The van der Waals surface area contributed by atoms with Crippen LogP contribution in [-0.2, 0) is 11.3 Å². The maximum atomic E-state index is 12.7. The number of guanidine groups is 1. The lowest BCUT2D eigenvalue weighted by Crippen LogP contribution is -2.64. The number of hydrogen-bond acceptors (Lipinski definition) is 4. The van der Waals surface area contributed by atoms with Crippen molar-refractivity contribution in [1.82, 2.24) is 14.7 Å². The zero-order valence-corrected chi connectivity index (χ0v) is 14.7. The third kappa shape index (κ3) is 2.42. The van der Waals surface area contributed by atoms with Gasteiger partial charge in [-0.2, -0.15) is 0 Å². The van der Waals surface area contributed by atoms with E-state index in [1.165, 1.54) is 22.4 Å². The smallest absolute Gasteiger partial charge is 0.270 e. The molecule has 0 saturated carbocycles. The van der Waals surface area contributed by atoms with Crippen molar-refractivity contribution in [3.8, 4) is 0 Å². The zero-order chi connectivity index (χ0) is 17.7. The summed E-state index contributed by atoms with van der Waals surface area (Å²) in [5.41, 5.74) is 1.20. The molecule has 7 heteroatoms. The largest absolute Gasteiger partial charge is 0.392 e. The van der Waals surface area contributed by atoms with E-state index in [4.69, 9.17) is 4.99 Å². The highest BCUT2D eigenvalue weighted by Gasteiger charge is 2.56. The molecule has 0 bridgehead atoms. The number of nitrogens with zero attached hydrogens (tertiary/aromatic N) is 5. The van der Waals surface area contributed by atoms with Crippen LogP contribution in [0, 0.1) is 5.92 Å². The van der Waals surface area contributed by atoms with Gasteiger partial charge in [-0.3, -0.25) is 19.2 Å². The molecule has 0 aliphatic carbocycles. The molecule has 1 saturated heterocycles. The molecule has 3 aliphatic rings. The van der Waals surface area contributed by atoms with E-state index < -0.39 is 6.04 Å². The van der Waals surface area contributed by atoms with Crippen molar-refractivity contribution in [2.45, 2.75) is 19.5 Å². The minimum Gasteiger partial charge on any atom is -0.270 e. The third-order valence-electron chi connectivity index (χ3n) is 5.05. The van der Waals surface area contributed by atoms with Gasteiger partial charge in [-0.25, -0.2) is 9.69 Å². The van der Waals surface area contributed by atoms with E-state index in [0.717, 1.165) is 25.6 Å². The lowest BCUT2D eigenvalue weighted by Gasteiger charge is -2.35. The fourth-order valence-corrected chi connectivity index (χ4v) is 3.82. The van der Waals surface area contributed by atoms with Gasteiger partial charge in [0.25, 0.3) is 5.91 Å². The molecular formula is C18H22N5O2+. The van der Waals surface area contributed by atoms with Crippen LogP contribution in [0.25, 0.3) is 0 Å². The number of likely N-dealkylation sites (N-methyl/N-ethyl adjacent to an activating group) is 2. The predicted octanol–water partition coefficient (Wildman–Crippen LogP) is 0.811. The Kier molecular flexibility index (Phi) is 3.59. The Balaban J connectivity index is 1.76. The van der Waals surface area contributed by atoms with Crippen molar-refractivity contribution in [2.75, 3.05) is 27.2 Å². The molecule has 3 aliphatic heterocycles. The monoisotopic (exact) mass is 340 g/mol. The molecule has 130 valence electrons. The van der Waals surface area contributed by atoms with Gasteiger partial charge in [-0.15, -0.1) is 0 Å². The quantitative estimate of drug-likeness (QED) is 0.749. The second-order valence-corrected chi connectivity index (χ2v) is 7.04. The minimum atomic E-state index is -0.497. The number of aliphatic imine (C=N–C) groups is 1.